The van der Waals surface area contributed by atoms with Crippen LogP contribution in [0.4, 0.5) is 0 Å². The molecule has 0 heterocycles. The van der Waals surface area contributed by atoms with Crippen LogP contribution < -0.4 is 5.32 Å². The molecule has 4 heteroatoms. The van der Waals surface area contributed by atoms with Crippen molar-refractivity contribution in [3.8, 4) is 0 Å². The molecule has 1 fully saturated rings. The van der Waals surface area contributed by atoms with E-state index in [0.29, 0.717) is 12.8 Å². The fraction of sp³-hybridized carbons (Fsp3) is 0.714. The fourth-order valence-electron chi connectivity index (χ4n) is 2.91. The minimum Gasteiger partial charge on any atom is -0.467 e. The fourth-order valence-corrected chi connectivity index (χ4v) is 2.91. The molecule has 0 radical (unpaired) electrons. The zero-order valence-corrected chi connectivity index (χ0v) is 11.0. The van der Waals surface area contributed by atoms with Gasteiger partial charge in [-0.25, -0.2) is 4.79 Å². The van der Waals surface area contributed by atoms with E-state index in [1.54, 1.807) is 0 Å². The van der Waals surface area contributed by atoms with Gasteiger partial charge in [0.25, 0.3) is 0 Å². The van der Waals surface area contributed by atoms with Crippen LogP contribution >= 0.6 is 0 Å². The van der Waals surface area contributed by atoms with Crippen LogP contribution in [0.1, 0.15) is 51.4 Å². The molecule has 0 saturated heterocycles. The number of ether oxygens (including phenoxy) is 1. The Morgan fingerprint density at radius 1 is 1.22 bits per heavy atom. The van der Waals surface area contributed by atoms with Gasteiger partial charge in [-0.1, -0.05) is 25.3 Å². The highest BCUT2D eigenvalue weighted by molar-refractivity contribution is 5.97. The lowest BCUT2D eigenvalue weighted by atomic mass is 9.81. The molecule has 1 saturated carbocycles. The maximum atomic E-state index is 12.2. The molecule has 18 heavy (non-hydrogen) atoms. The summed E-state index contributed by atoms with van der Waals surface area (Å²) < 4.78 is 4.88. The molecule has 2 aliphatic carbocycles. The van der Waals surface area contributed by atoms with Gasteiger partial charge in [0.05, 0.1) is 7.11 Å². The van der Waals surface area contributed by atoms with Crippen LogP contribution in [0.5, 0.6) is 0 Å². The lowest BCUT2D eigenvalue weighted by molar-refractivity contribution is -0.152. The molecular formula is C14H21NO3. The van der Waals surface area contributed by atoms with E-state index in [2.05, 4.69) is 5.32 Å². The summed E-state index contributed by atoms with van der Waals surface area (Å²) in [5, 5.41) is 2.94. The highest BCUT2D eigenvalue weighted by atomic mass is 16.5. The Hall–Kier alpha value is -1.32. The molecule has 0 aliphatic heterocycles. The smallest absolute Gasteiger partial charge is 0.331 e. The van der Waals surface area contributed by atoms with Crippen LogP contribution in [0.25, 0.3) is 0 Å². The summed E-state index contributed by atoms with van der Waals surface area (Å²) in [6, 6.07) is 0. The van der Waals surface area contributed by atoms with Gasteiger partial charge in [-0.2, -0.15) is 0 Å². The van der Waals surface area contributed by atoms with Gasteiger partial charge in [0.2, 0.25) is 5.91 Å². The van der Waals surface area contributed by atoms with Crippen LogP contribution in [0.15, 0.2) is 11.6 Å². The molecule has 0 aromatic heterocycles. The van der Waals surface area contributed by atoms with Crippen LogP contribution in [0.2, 0.25) is 0 Å². The van der Waals surface area contributed by atoms with Gasteiger partial charge in [-0.3, -0.25) is 4.79 Å². The molecule has 1 amide bonds. The first kappa shape index (κ1) is 13.1. The van der Waals surface area contributed by atoms with Crippen molar-refractivity contribution >= 4 is 11.9 Å². The second-order valence-electron chi connectivity index (χ2n) is 5.21. The van der Waals surface area contributed by atoms with E-state index in [0.717, 1.165) is 44.1 Å². The predicted molar refractivity (Wildman–Crippen MR) is 67.9 cm³/mol. The van der Waals surface area contributed by atoms with E-state index in [-0.39, 0.29) is 11.9 Å². The van der Waals surface area contributed by atoms with Crippen molar-refractivity contribution in [2.45, 2.75) is 56.9 Å². The molecule has 0 atom stereocenters. The zero-order chi connectivity index (χ0) is 13.0. The number of esters is 1. The third-order valence-electron chi connectivity index (χ3n) is 3.97. The number of amides is 1. The Balaban J connectivity index is 2.09. The van der Waals surface area contributed by atoms with Gasteiger partial charge in [-0.15, -0.1) is 0 Å². The van der Waals surface area contributed by atoms with Gasteiger partial charge in [0.15, 0.2) is 0 Å². The number of rotatable bonds is 3. The van der Waals surface area contributed by atoms with Crippen LogP contribution in [0.3, 0.4) is 0 Å². The Morgan fingerprint density at radius 2 is 1.94 bits per heavy atom. The molecule has 2 rings (SSSR count). The van der Waals surface area contributed by atoms with E-state index < -0.39 is 5.54 Å². The van der Waals surface area contributed by atoms with Gasteiger partial charge in [0.1, 0.15) is 5.54 Å². The van der Waals surface area contributed by atoms with Gasteiger partial charge < -0.3 is 10.1 Å². The number of hydrogen-bond donors (Lipinski definition) is 1. The zero-order valence-electron chi connectivity index (χ0n) is 11.0. The number of nitrogens with one attached hydrogen (secondary N) is 1. The first-order valence-electron chi connectivity index (χ1n) is 6.78. The molecule has 2 aliphatic rings. The summed E-state index contributed by atoms with van der Waals surface area (Å²) in [5.41, 5.74) is 0.0388. The van der Waals surface area contributed by atoms with Crippen molar-refractivity contribution in [2.75, 3.05) is 7.11 Å². The van der Waals surface area contributed by atoms with E-state index in [4.69, 9.17) is 4.74 Å². The number of hydrogen-bond acceptors (Lipinski definition) is 3. The summed E-state index contributed by atoms with van der Waals surface area (Å²) in [6.45, 7) is 0. The van der Waals surface area contributed by atoms with Crippen LogP contribution in [-0.2, 0) is 14.3 Å². The van der Waals surface area contributed by atoms with Crippen molar-refractivity contribution in [3.05, 3.63) is 11.6 Å². The quantitative estimate of drug-likeness (QED) is 0.781. The average Bonchev–Trinajstić information content (AvgIpc) is 2.93. The Kier molecular flexibility index (Phi) is 4.04. The summed E-state index contributed by atoms with van der Waals surface area (Å²) in [4.78, 5) is 24.1. The first-order valence-corrected chi connectivity index (χ1v) is 6.78. The van der Waals surface area contributed by atoms with E-state index >= 15 is 0 Å². The highest BCUT2D eigenvalue weighted by Crippen LogP contribution is 2.30. The van der Waals surface area contributed by atoms with Crippen molar-refractivity contribution in [2.24, 2.45) is 0 Å². The summed E-state index contributed by atoms with van der Waals surface area (Å²) in [7, 11) is 1.39. The molecular weight excluding hydrogens is 230 g/mol. The van der Waals surface area contributed by atoms with Crippen molar-refractivity contribution in [3.63, 3.8) is 0 Å². The summed E-state index contributed by atoms with van der Waals surface area (Å²) in [6.07, 6.45) is 9.24. The van der Waals surface area contributed by atoms with Gasteiger partial charge in [0, 0.05) is 5.57 Å². The molecule has 100 valence electrons. The second-order valence-corrected chi connectivity index (χ2v) is 5.21. The van der Waals surface area contributed by atoms with E-state index in [9.17, 15) is 9.59 Å². The van der Waals surface area contributed by atoms with Crippen molar-refractivity contribution in [1.29, 1.82) is 0 Å². The van der Waals surface area contributed by atoms with Crippen LogP contribution in [0, 0.1) is 0 Å². The largest absolute Gasteiger partial charge is 0.467 e. The van der Waals surface area contributed by atoms with E-state index in [1.165, 1.54) is 7.11 Å². The maximum absolute atomic E-state index is 12.2. The van der Waals surface area contributed by atoms with Crippen LogP contribution in [-0.4, -0.2) is 24.5 Å². The number of carbonyl (C=O) groups excluding carboxylic acids is 2. The molecule has 1 N–H and O–H groups in total. The third kappa shape index (κ3) is 2.57. The highest BCUT2D eigenvalue weighted by Gasteiger charge is 2.42. The van der Waals surface area contributed by atoms with Gasteiger partial charge >= 0.3 is 5.97 Å². The number of methoxy groups -OCH3 is 1. The minimum atomic E-state index is -0.784. The Bertz CT molecular complexity index is 367. The molecule has 0 aromatic carbocycles. The molecule has 0 bridgehead atoms. The van der Waals surface area contributed by atoms with Crippen molar-refractivity contribution in [1.82, 2.24) is 5.32 Å². The lowest BCUT2D eigenvalue weighted by Gasteiger charge is -2.35. The SMILES string of the molecule is COC(=O)C1(NC(=O)C2=CCCC2)CCCCC1. The molecule has 4 nitrogen and oxygen atoms in total. The summed E-state index contributed by atoms with van der Waals surface area (Å²) in [5.74, 6) is -0.381. The number of carbonyl (C=O) groups is 2. The summed E-state index contributed by atoms with van der Waals surface area (Å²) >= 11 is 0. The standard InChI is InChI=1S/C14H21NO3/c1-18-13(17)14(9-5-2-6-10-14)15-12(16)11-7-3-4-8-11/h7H,2-6,8-10H2,1H3,(H,15,16). The minimum absolute atomic E-state index is 0.0835. The normalized spacial score (nSPS) is 22.2. The molecule has 0 aromatic rings. The second kappa shape index (κ2) is 5.55. The molecule has 0 unspecified atom stereocenters. The van der Waals surface area contributed by atoms with E-state index in [1.807, 2.05) is 6.08 Å². The average molecular weight is 251 g/mol. The monoisotopic (exact) mass is 251 g/mol. The third-order valence-corrected chi connectivity index (χ3v) is 3.97. The Labute approximate surface area is 108 Å². The van der Waals surface area contributed by atoms with Crippen molar-refractivity contribution < 1.29 is 14.3 Å². The van der Waals surface area contributed by atoms with Gasteiger partial charge in [-0.05, 0) is 32.1 Å². The molecule has 0 spiro atoms. The number of allylic oxidation sites excluding steroid dienone is 1. The maximum Gasteiger partial charge on any atom is 0.331 e. The predicted octanol–water partition coefficient (Wildman–Crippen LogP) is 2.09. The Morgan fingerprint density at radius 3 is 2.50 bits per heavy atom. The lowest BCUT2D eigenvalue weighted by Crippen LogP contribution is -2.56. The topological polar surface area (TPSA) is 55.4 Å². The first-order chi connectivity index (χ1) is 8.68.